The normalized spacial score (nSPS) is 14.7. The molecule has 8 rings (SSSR count). The predicted octanol–water partition coefficient (Wildman–Crippen LogP) is 11.1. The molecule has 0 fully saturated rings. The van der Waals surface area contributed by atoms with E-state index in [0.29, 0.717) is 0 Å². The second-order valence-electron chi connectivity index (χ2n) is 12.9. The van der Waals surface area contributed by atoms with Crippen LogP contribution in [0.2, 0.25) is 0 Å². The smallest absolute Gasteiger partial charge is 0.105 e. The summed E-state index contributed by atoms with van der Waals surface area (Å²) in [7, 11) is 0. The fraction of sp³-hybridized carbons (Fsp3) is 0.0889. The minimum atomic E-state index is -0.622. The highest BCUT2D eigenvalue weighted by molar-refractivity contribution is 5.88. The molecule has 1 heterocycles. The van der Waals surface area contributed by atoms with Gasteiger partial charge in [-0.1, -0.05) is 153 Å². The Labute approximate surface area is 276 Å². The minimum absolute atomic E-state index is 0.223. The van der Waals surface area contributed by atoms with Gasteiger partial charge in [0.1, 0.15) is 6.10 Å². The first kappa shape index (κ1) is 28.9. The van der Waals surface area contributed by atoms with Crippen LogP contribution in [0.1, 0.15) is 42.2 Å². The first-order chi connectivity index (χ1) is 23.0. The molecular formula is C45H35NO. The van der Waals surface area contributed by atoms with E-state index in [1.54, 1.807) is 0 Å². The van der Waals surface area contributed by atoms with E-state index in [4.69, 9.17) is 4.98 Å². The minimum Gasteiger partial charge on any atom is -0.384 e. The molecule has 0 amide bonds. The maximum atomic E-state index is 11.3. The van der Waals surface area contributed by atoms with E-state index in [-0.39, 0.29) is 5.41 Å². The Morgan fingerprint density at radius 3 is 1.62 bits per heavy atom. The number of rotatable bonds is 5. The molecule has 2 nitrogen and oxygen atoms in total. The summed E-state index contributed by atoms with van der Waals surface area (Å²) in [4.78, 5) is 5.10. The van der Waals surface area contributed by atoms with Gasteiger partial charge in [0.05, 0.1) is 11.4 Å². The van der Waals surface area contributed by atoms with E-state index in [0.717, 1.165) is 61.5 Å². The molecule has 0 aliphatic heterocycles. The van der Waals surface area contributed by atoms with Crippen LogP contribution in [0.25, 0.3) is 55.9 Å². The van der Waals surface area contributed by atoms with Gasteiger partial charge in [0.15, 0.2) is 0 Å². The summed E-state index contributed by atoms with van der Waals surface area (Å²) in [6.07, 6.45) is -0.622. The molecule has 1 atom stereocenters. The summed E-state index contributed by atoms with van der Waals surface area (Å²) >= 11 is 0. The zero-order valence-corrected chi connectivity index (χ0v) is 26.6. The molecule has 0 saturated carbocycles. The molecule has 1 N–H and O–H groups in total. The average Bonchev–Trinajstić information content (AvgIpc) is 3.14. The molecule has 1 aromatic heterocycles. The van der Waals surface area contributed by atoms with Crippen LogP contribution >= 0.6 is 0 Å². The van der Waals surface area contributed by atoms with Gasteiger partial charge in [-0.25, -0.2) is 4.98 Å². The van der Waals surface area contributed by atoms with Gasteiger partial charge in [-0.15, -0.1) is 0 Å². The van der Waals surface area contributed by atoms with Gasteiger partial charge in [0.25, 0.3) is 0 Å². The lowest BCUT2D eigenvalue weighted by atomic mass is 9.67. The van der Waals surface area contributed by atoms with E-state index in [1.165, 1.54) is 16.7 Å². The number of fused-ring (bicyclic) bond motifs is 2. The third-order valence-corrected chi connectivity index (χ3v) is 9.66. The average molecular weight is 606 g/mol. The lowest BCUT2D eigenvalue weighted by Gasteiger charge is -2.38. The highest BCUT2D eigenvalue weighted by Gasteiger charge is 2.36. The van der Waals surface area contributed by atoms with E-state index >= 15 is 0 Å². The van der Waals surface area contributed by atoms with Crippen LogP contribution in [0.3, 0.4) is 0 Å². The summed E-state index contributed by atoms with van der Waals surface area (Å²) in [6.45, 7) is 4.52. The Balaban J connectivity index is 1.23. The number of aromatic nitrogens is 1. The van der Waals surface area contributed by atoms with Gasteiger partial charge in [-0.2, -0.15) is 0 Å². The van der Waals surface area contributed by atoms with Crippen LogP contribution in [-0.4, -0.2) is 10.1 Å². The van der Waals surface area contributed by atoms with Gasteiger partial charge in [0, 0.05) is 16.5 Å². The molecule has 6 aromatic carbocycles. The fourth-order valence-electron chi connectivity index (χ4n) is 7.19. The number of pyridine rings is 1. The van der Waals surface area contributed by atoms with Crippen LogP contribution in [0, 0.1) is 0 Å². The molecule has 0 radical (unpaired) electrons. The van der Waals surface area contributed by atoms with Crippen LogP contribution in [0.15, 0.2) is 164 Å². The Hall–Kier alpha value is -5.57. The second kappa shape index (κ2) is 11.7. The Bertz CT molecular complexity index is 2180. The Kier molecular flexibility index (Phi) is 7.16. The van der Waals surface area contributed by atoms with Gasteiger partial charge < -0.3 is 5.11 Å². The van der Waals surface area contributed by atoms with Crippen molar-refractivity contribution >= 4 is 0 Å². The van der Waals surface area contributed by atoms with Crippen molar-refractivity contribution in [3.63, 3.8) is 0 Å². The number of hydrogen-bond donors (Lipinski definition) is 1. The fourth-order valence-corrected chi connectivity index (χ4v) is 7.19. The molecule has 226 valence electrons. The second-order valence-corrected chi connectivity index (χ2v) is 12.9. The molecule has 0 bridgehead atoms. The van der Waals surface area contributed by atoms with Crippen molar-refractivity contribution in [2.24, 2.45) is 0 Å². The van der Waals surface area contributed by atoms with Crippen LogP contribution in [-0.2, 0) is 5.41 Å². The molecule has 47 heavy (non-hydrogen) atoms. The summed E-state index contributed by atoms with van der Waals surface area (Å²) in [5, 5.41) is 11.3. The molecule has 2 heteroatoms. The standard InChI is InChI=1S/C45H35NO/c1-45(2)40-23-12-11-22-38(40)44(47)39-25-24-33(27-41(39)45)32-18-13-19-34(26-32)36-20-9-10-21-37(36)35-28-42(30-14-5-3-6-15-30)46-43(29-35)31-16-7-4-8-17-31/h3-29,44,47H,1-2H3. The van der Waals surface area contributed by atoms with E-state index in [1.807, 2.05) is 24.3 Å². The lowest BCUT2D eigenvalue weighted by molar-refractivity contribution is 0.210. The largest absolute Gasteiger partial charge is 0.384 e. The molecule has 1 aliphatic carbocycles. The van der Waals surface area contributed by atoms with E-state index < -0.39 is 6.10 Å². The number of benzene rings is 6. The molecule has 0 spiro atoms. The van der Waals surface area contributed by atoms with Crippen molar-refractivity contribution < 1.29 is 5.11 Å². The molecule has 7 aromatic rings. The quantitative estimate of drug-likeness (QED) is 0.212. The van der Waals surface area contributed by atoms with Crippen molar-refractivity contribution in [3.05, 3.63) is 186 Å². The number of nitrogens with zero attached hydrogens (tertiary/aromatic N) is 1. The molecule has 0 saturated heterocycles. The third kappa shape index (κ3) is 5.17. The van der Waals surface area contributed by atoms with Gasteiger partial charge in [-0.05, 0) is 79.9 Å². The number of aliphatic hydroxyl groups is 1. The zero-order valence-electron chi connectivity index (χ0n) is 26.6. The number of hydrogen-bond acceptors (Lipinski definition) is 2. The maximum absolute atomic E-state index is 11.3. The summed E-state index contributed by atoms with van der Waals surface area (Å²) in [6, 6.07) is 57.5. The summed E-state index contributed by atoms with van der Waals surface area (Å²) in [5.41, 5.74) is 15.1. The van der Waals surface area contributed by atoms with Crippen molar-refractivity contribution in [2.75, 3.05) is 0 Å². The van der Waals surface area contributed by atoms with E-state index in [9.17, 15) is 5.11 Å². The van der Waals surface area contributed by atoms with Crippen molar-refractivity contribution in [2.45, 2.75) is 25.4 Å². The lowest BCUT2D eigenvalue weighted by Crippen LogP contribution is -2.29. The van der Waals surface area contributed by atoms with Crippen LogP contribution < -0.4 is 0 Å². The van der Waals surface area contributed by atoms with Gasteiger partial charge >= 0.3 is 0 Å². The molecular weight excluding hydrogens is 571 g/mol. The predicted molar refractivity (Wildman–Crippen MR) is 194 cm³/mol. The Morgan fingerprint density at radius 1 is 0.426 bits per heavy atom. The topological polar surface area (TPSA) is 33.1 Å². The maximum Gasteiger partial charge on any atom is 0.105 e. The van der Waals surface area contributed by atoms with Crippen LogP contribution in [0.4, 0.5) is 0 Å². The highest BCUT2D eigenvalue weighted by atomic mass is 16.3. The number of aliphatic hydroxyl groups excluding tert-OH is 1. The van der Waals surface area contributed by atoms with Crippen LogP contribution in [0.5, 0.6) is 0 Å². The monoisotopic (exact) mass is 605 g/mol. The SMILES string of the molecule is CC1(C)c2ccccc2C(O)c2ccc(-c3cccc(-c4ccccc4-c4cc(-c5ccccc5)nc(-c5ccccc5)c4)c3)cc21. The highest BCUT2D eigenvalue weighted by Crippen LogP contribution is 2.47. The zero-order chi connectivity index (χ0) is 32.0. The van der Waals surface area contributed by atoms with Gasteiger partial charge in [0.2, 0.25) is 0 Å². The first-order valence-corrected chi connectivity index (χ1v) is 16.2. The van der Waals surface area contributed by atoms with Gasteiger partial charge in [-0.3, -0.25) is 0 Å². The van der Waals surface area contributed by atoms with Crippen molar-refractivity contribution in [1.29, 1.82) is 0 Å². The van der Waals surface area contributed by atoms with E-state index in [2.05, 4.69) is 153 Å². The van der Waals surface area contributed by atoms with Crippen molar-refractivity contribution in [3.8, 4) is 55.9 Å². The Morgan fingerprint density at radius 2 is 0.936 bits per heavy atom. The van der Waals surface area contributed by atoms with Crippen molar-refractivity contribution in [1.82, 2.24) is 4.98 Å². The third-order valence-electron chi connectivity index (χ3n) is 9.66. The first-order valence-electron chi connectivity index (χ1n) is 16.2. The summed E-state index contributed by atoms with van der Waals surface area (Å²) in [5.74, 6) is 0. The summed E-state index contributed by atoms with van der Waals surface area (Å²) < 4.78 is 0. The molecule has 1 aliphatic rings. The molecule has 1 unspecified atom stereocenters.